The minimum Gasteiger partial charge on any atom is -0.496 e. The van der Waals surface area contributed by atoms with Crippen molar-refractivity contribution < 1.29 is 4.74 Å². The van der Waals surface area contributed by atoms with Crippen molar-refractivity contribution in [2.45, 2.75) is 37.6 Å². The number of hydrogen-bond donors (Lipinski definition) is 1. The van der Waals surface area contributed by atoms with Gasteiger partial charge in [-0.1, -0.05) is 12.1 Å². The summed E-state index contributed by atoms with van der Waals surface area (Å²) in [5, 5.41) is 3.66. The maximum absolute atomic E-state index is 5.47. The van der Waals surface area contributed by atoms with Gasteiger partial charge in [0.15, 0.2) is 0 Å². The molecule has 2 atom stereocenters. The van der Waals surface area contributed by atoms with Gasteiger partial charge >= 0.3 is 0 Å². The number of nitrogens with one attached hydrogen (secondary N) is 1. The van der Waals surface area contributed by atoms with Crippen molar-refractivity contribution in [1.29, 1.82) is 0 Å². The molecule has 1 aliphatic carbocycles. The molecule has 1 fully saturated rings. The van der Waals surface area contributed by atoms with E-state index in [-0.39, 0.29) is 0 Å². The molecule has 16 heavy (non-hydrogen) atoms. The first-order valence-electron chi connectivity index (χ1n) is 6.29. The maximum atomic E-state index is 5.47. The van der Waals surface area contributed by atoms with Gasteiger partial charge in [-0.15, -0.1) is 0 Å². The summed E-state index contributed by atoms with van der Waals surface area (Å²) in [7, 11) is 1.78. The molecule has 1 aromatic rings. The van der Waals surface area contributed by atoms with Gasteiger partial charge in [0, 0.05) is 6.04 Å². The highest BCUT2D eigenvalue weighted by atomic mass is 16.5. The van der Waals surface area contributed by atoms with Crippen molar-refractivity contribution in [1.82, 2.24) is 5.32 Å². The van der Waals surface area contributed by atoms with Crippen molar-refractivity contribution in [2.75, 3.05) is 13.7 Å². The molecule has 0 bridgehead atoms. The van der Waals surface area contributed by atoms with Crippen molar-refractivity contribution in [3.8, 4) is 5.75 Å². The van der Waals surface area contributed by atoms with Gasteiger partial charge in [-0.2, -0.15) is 0 Å². The molecule has 1 aliphatic heterocycles. The van der Waals surface area contributed by atoms with Crippen LogP contribution < -0.4 is 10.1 Å². The Bertz CT molecular complexity index is 388. The Hall–Kier alpha value is -1.02. The first-order valence-corrected chi connectivity index (χ1v) is 6.29. The average molecular weight is 217 g/mol. The van der Waals surface area contributed by atoms with E-state index in [0.29, 0.717) is 12.0 Å². The molecule has 1 heterocycles. The number of methoxy groups -OCH3 is 1. The maximum Gasteiger partial charge on any atom is 0.122 e. The molecule has 1 saturated heterocycles. The molecule has 0 saturated carbocycles. The van der Waals surface area contributed by atoms with Crippen LogP contribution in [0.3, 0.4) is 0 Å². The Morgan fingerprint density at radius 3 is 3.12 bits per heavy atom. The van der Waals surface area contributed by atoms with Crippen molar-refractivity contribution in [2.24, 2.45) is 0 Å². The lowest BCUT2D eigenvalue weighted by atomic mass is 9.75. The van der Waals surface area contributed by atoms with E-state index in [0.717, 1.165) is 12.2 Å². The van der Waals surface area contributed by atoms with E-state index >= 15 is 0 Å². The molecule has 2 aliphatic rings. The average Bonchev–Trinajstić information content (AvgIpc) is 2.37. The van der Waals surface area contributed by atoms with Crippen LogP contribution in [0.2, 0.25) is 0 Å². The van der Waals surface area contributed by atoms with E-state index < -0.39 is 0 Å². The topological polar surface area (TPSA) is 21.3 Å². The predicted octanol–water partition coefficient (Wildman–Crippen LogP) is 2.48. The van der Waals surface area contributed by atoms with Gasteiger partial charge in [-0.25, -0.2) is 0 Å². The third kappa shape index (κ3) is 1.52. The number of rotatable bonds is 1. The third-order valence-electron chi connectivity index (χ3n) is 4.08. The Balaban J connectivity index is 2.01. The number of benzene rings is 1. The lowest BCUT2D eigenvalue weighted by Gasteiger charge is -2.38. The van der Waals surface area contributed by atoms with Crippen LogP contribution in [0, 0.1) is 0 Å². The van der Waals surface area contributed by atoms with Crippen LogP contribution in [0.15, 0.2) is 18.2 Å². The first-order chi connectivity index (χ1) is 7.90. The van der Waals surface area contributed by atoms with Crippen LogP contribution in [0.5, 0.6) is 5.75 Å². The molecule has 0 aromatic heterocycles. The van der Waals surface area contributed by atoms with Crippen LogP contribution in [0.25, 0.3) is 0 Å². The number of fused-ring (bicyclic) bond motifs is 3. The smallest absolute Gasteiger partial charge is 0.122 e. The van der Waals surface area contributed by atoms with Gasteiger partial charge in [0.2, 0.25) is 0 Å². The van der Waals surface area contributed by atoms with E-state index in [9.17, 15) is 0 Å². The summed E-state index contributed by atoms with van der Waals surface area (Å²) in [5.41, 5.74) is 2.98. The zero-order chi connectivity index (χ0) is 11.0. The fourth-order valence-corrected chi connectivity index (χ4v) is 3.32. The molecule has 0 radical (unpaired) electrons. The highest BCUT2D eigenvalue weighted by Crippen LogP contribution is 2.40. The normalized spacial score (nSPS) is 28.1. The second-order valence-corrected chi connectivity index (χ2v) is 4.88. The summed E-state index contributed by atoms with van der Waals surface area (Å²) >= 11 is 0. The van der Waals surface area contributed by atoms with Crippen LogP contribution in [-0.2, 0) is 6.42 Å². The van der Waals surface area contributed by atoms with E-state index in [1.165, 1.54) is 36.9 Å². The van der Waals surface area contributed by atoms with Gasteiger partial charge in [0.1, 0.15) is 5.75 Å². The van der Waals surface area contributed by atoms with Crippen molar-refractivity contribution >= 4 is 0 Å². The summed E-state index contributed by atoms with van der Waals surface area (Å²) in [4.78, 5) is 0. The second-order valence-electron chi connectivity index (χ2n) is 4.88. The van der Waals surface area contributed by atoms with Crippen molar-refractivity contribution in [3.05, 3.63) is 29.3 Å². The number of piperidine rings is 1. The first kappa shape index (κ1) is 10.2. The highest BCUT2D eigenvalue weighted by molar-refractivity contribution is 5.44. The predicted molar refractivity (Wildman–Crippen MR) is 65.1 cm³/mol. The van der Waals surface area contributed by atoms with Crippen LogP contribution >= 0.6 is 0 Å². The van der Waals surface area contributed by atoms with E-state index in [1.807, 2.05) is 0 Å². The summed E-state index contributed by atoms with van der Waals surface area (Å²) in [6, 6.07) is 7.22. The Morgan fingerprint density at radius 2 is 2.25 bits per heavy atom. The number of hydrogen-bond acceptors (Lipinski definition) is 2. The Labute approximate surface area is 97.0 Å². The highest BCUT2D eigenvalue weighted by Gasteiger charge is 2.32. The summed E-state index contributed by atoms with van der Waals surface area (Å²) < 4.78 is 5.47. The molecule has 1 N–H and O–H groups in total. The zero-order valence-corrected chi connectivity index (χ0v) is 9.83. The fourth-order valence-electron chi connectivity index (χ4n) is 3.32. The monoisotopic (exact) mass is 217 g/mol. The van der Waals surface area contributed by atoms with Gasteiger partial charge < -0.3 is 10.1 Å². The quantitative estimate of drug-likeness (QED) is 0.780. The molecular formula is C14H19NO. The second kappa shape index (κ2) is 4.10. The molecule has 0 amide bonds. The van der Waals surface area contributed by atoms with E-state index in [4.69, 9.17) is 4.74 Å². The standard InChI is InChI=1S/C14H19NO/c1-16-14-6-2-4-10-11-5-3-9-15-13(11)8-7-12(10)14/h2,4,6,11,13,15H,3,5,7-9H2,1H3/t11-,13+/m0/s1. The van der Waals surface area contributed by atoms with Gasteiger partial charge in [-0.3, -0.25) is 0 Å². The molecule has 2 heteroatoms. The van der Waals surface area contributed by atoms with E-state index in [1.54, 1.807) is 7.11 Å². The minimum absolute atomic E-state index is 0.702. The fraction of sp³-hybridized carbons (Fsp3) is 0.571. The molecule has 86 valence electrons. The van der Waals surface area contributed by atoms with Crippen molar-refractivity contribution in [3.63, 3.8) is 0 Å². The van der Waals surface area contributed by atoms with Crippen LogP contribution in [-0.4, -0.2) is 19.7 Å². The van der Waals surface area contributed by atoms with Crippen LogP contribution in [0.4, 0.5) is 0 Å². The zero-order valence-electron chi connectivity index (χ0n) is 9.83. The Morgan fingerprint density at radius 1 is 1.31 bits per heavy atom. The van der Waals surface area contributed by atoms with Gasteiger partial charge in [0.25, 0.3) is 0 Å². The largest absolute Gasteiger partial charge is 0.496 e. The molecule has 2 nitrogen and oxygen atoms in total. The number of ether oxygens (including phenoxy) is 1. The molecular weight excluding hydrogens is 198 g/mol. The lowest BCUT2D eigenvalue weighted by molar-refractivity contribution is 0.313. The summed E-state index contributed by atoms with van der Waals surface area (Å²) in [6.07, 6.45) is 5.06. The van der Waals surface area contributed by atoms with Crippen LogP contribution in [0.1, 0.15) is 36.3 Å². The SMILES string of the molecule is COc1cccc2c1CC[C@H]1NCCC[C@@H]21. The molecule has 0 unspecified atom stereocenters. The lowest BCUT2D eigenvalue weighted by Crippen LogP contribution is -2.42. The molecule has 0 spiro atoms. The van der Waals surface area contributed by atoms with E-state index in [2.05, 4.69) is 23.5 Å². The minimum atomic E-state index is 0.702. The third-order valence-corrected chi connectivity index (χ3v) is 4.08. The Kier molecular flexibility index (Phi) is 2.60. The summed E-state index contributed by atoms with van der Waals surface area (Å²) in [5.74, 6) is 1.80. The molecule has 3 rings (SSSR count). The molecule has 1 aromatic carbocycles. The van der Waals surface area contributed by atoms with Gasteiger partial charge in [-0.05, 0) is 55.3 Å². The summed E-state index contributed by atoms with van der Waals surface area (Å²) in [6.45, 7) is 1.19. The van der Waals surface area contributed by atoms with Gasteiger partial charge in [0.05, 0.1) is 7.11 Å².